The molecule has 1 heterocycles. The van der Waals surface area contributed by atoms with Crippen molar-refractivity contribution < 1.29 is 4.79 Å². The van der Waals surface area contributed by atoms with Gasteiger partial charge in [-0.05, 0) is 31.4 Å². The number of nitrogens with zero attached hydrogens (tertiary/aromatic N) is 2. The Bertz CT molecular complexity index is 525. The lowest BCUT2D eigenvalue weighted by atomic mass is 9.78. The van der Waals surface area contributed by atoms with E-state index in [0.717, 1.165) is 32.6 Å². The first-order valence-electron chi connectivity index (χ1n) is 9.50. The molecule has 0 aromatic heterocycles. The monoisotopic (exact) mass is 329 g/mol. The Morgan fingerprint density at radius 1 is 1.08 bits per heavy atom. The molecule has 0 bridgehead atoms. The van der Waals surface area contributed by atoms with Crippen molar-refractivity contribution in [2.45, 2.75) is 57.0 Å². The number of carbonyl (C=O) groups is 1. The number of amides is 1. The van der Waals surface area contributed by atoms with E-state index >= 15 is 0 Å². The van der Waals surface area contributed by atoms with E-state index in [2.05, 4.69) is 40.1 Å². The normalized spacial score (nSPS) is 21.1. The fraction of sp³-hybridized carbons (Fsp3) is 0.650. The minimum absolute atomic E-state index is 0.185. The first-order chi connectivity index (χ1) is 11.7. The van der Waals surface area contributed by atoms with Crippen LogP contribution in [0.4, 0.5) is 0 Å². The van der Waals surface area contributed by atoms with E-state index in [4.69, 9.17) is 5.73 Å². The topological polar surface area (TPSA) is 49.6 Å². The fourth-order valence-corrected chi connectivity index (χ4v) is 4.37. The van der Waals surface area contributed by atoms with Gasteiger partial charge in [-0.15, -0.1) is 0 Å². The second-order valence-corrected chi connectivity index (χ2v) is 7.40. The van der Waals surface area contributed by atoms with Gasteiger partial charge in [0.15, 0.2) is 0 Å². The van der Waals surface area contributed by atoms with Crippen LogP contribution in [0.15, 0.2) is 30.3 Å². The van der Waals surface area contributed by atoms with Gasteiger partial charge in [0.05, 0.1) is 0 Å². The number of piperazine rings is 1. The highest BCUT2D eigenvalue weighted by Gasteiger charge is 2.43. The van der Waals surface area contributed by atoms with Crippen LogP contribution in [0.5, 0.6) is 0 Å². The van der Waals surface area contributed by atoms with Crippen molar-refractivity contribution in [1.82, 2.24) is 9.80 Å². The predicted molar refractivity (Wildman–Crippen MR) is 97.5 cm³/mol. The van der Waals surface area contributed by atoms with Crippen molar-refractivity contribution in [1.29, 1.82) is 0 Å². The fourth-order valence-electron chi connectivity index (χ4n) is 4.37. The van der Waals surface area contributed by atoms with E-state index < -0.39 is 0 Å². The zero-order valence-corrected chi connectivity index (χ0v) is 14.8. The summed E-state index contributed by atoms with van der Waals surface area (Å²) in [4.78, 5) is 17.3. The molecule has 1 aliphatic heterocycles. The summed E-state index contributed by atoms with van der Waals surface area (Å²) in [5.41, 5.74) is 7.14. The summed E-state index contributed by atoms with van der Waals surface area (Å²) >= 11 is 0. The van der Waals surface area contributed by atoms with Gasteiger partial charge in [-0.3, -0.25) is 9.69 Å². The van der Waals surface area contributed by atoms with Crippen LogP contribution in [-0.2, 0) is 11.3 Å². The molecule has 1 spiro atoms. The van der Waals surface area contributed by atoms with E-state index in [-0.39, 0.29) is 5.54 Å². The molecule has 2 aliphatic rings. The molecule has 1 saturated heterocycles. The van der Waals surface area contributed by atoms with Crippen molar-refractivity contribution >= 4 is 5.91 Å². The first-order valence-corrected chi connectivity index (χ1v) is 9.50. The van der Waals surface area contributed by atoms with Crippen molar-refractivity contribution in [2.75, 3.05) is 26.2 Å². The van der Waals surface area contributed by atoms with Crippen LogP contribution in [0.1, 0.15) is 50.5 Å². The molecule has 1 aliphatic carbocycles. The molecule has 132 valence electrons. The molecule has 4 heteroatoms. The van der Waals surface area contributed by atoms with Crippen molar-refractivity contribution in [3.8, 4) is 0 Å². The van der Waals surface area contributed by atoms with Gasteiger partial charge in [0.2, 0.25) is 5.91 Å². The maximum atomic E-state index is 12.5. The Hall–Kier alpha value is -1.39. The number of hydrogen-bond acceptors (Lipinski definition) is 3. The third kappa shape index (κ3) is 3.98. The average molecular weight is 329 g/mol. The number of carbonyl (C=O) groups excluding carboxylic acids is 1. The van der Waals surface area contributed by atoms with Crippen molar-refractivity contribution in [3.63, 3.8) is 0 Å². The Morgan fingerprint density at radius 2 is 1.83 bits per heavy atom. The Kier molecular flexibility index (Phi) is 5.90. The van der Waals surface area contributed by atoms with Gasteiger partial charge in [-0.2, -0.15) is 0 Å². The molecule has 1 saturated carbocycles. The molecule has 3 rings (SSSR count). The number of nitrogens with two attached hydrogens (primary N) is 1. The van der Waals surface area contributed by atoms with E-state index in [9.17, 15) is 4.79 Å². The van der Waals surface area contributed by atoms with Gasteiger partial charge in [0, 0.05) is 38.1 Å². The molecular formula is C20H31N3O. The Labute approximate surface area is 146 Å². The first kappa shape index (κ1) is 17.4. The summed E-state index contributed by atoms with van der Waals surface area (Å²) in [7, 11) is 0. The van der Waals surface area contributed by atoms with E-state index in [1.807, 2.05) is 0 Å². The van der Waals surface area contributed by atoms with Gasteiger partial charge in [-0.25, -0.2) is 0 Å². The van der Waals surface area contributed by atoms with Gasteiger partial charge in [-0.1, -0.05) is 49.6 Å². The molecule has 1 aromatic rings. The molecule has 4 nitrogen and oxygen atoms in total. The number of benzene rings is 1. The van der Waals surface area contributed by atoms with E-state index in [1.54, 1.807) is 0 Å². The quantitative estimate of drug-likeness (QED) is 0.904. The molecule has 0 unspecified atom stereocenters. The van der Waals surface area contributed by atoms with Crippen LogP contribution in [-0.4, -0.2) is 47.4 Å². The van der Waals surface area contributed by atoms with Gasteiger partial charge < -0.3 is 10.6 Å². The van der Waals surface area contributed by atoms with Crippen LogP contribution < -0.4 is 5.73 Å². The molecule has 1 aromatic carbocycles. The summed E-state index contributed by atoms with van der Waals surface area (Å²) in [6.07, 6.45) is 7.76. The number of hydrogen-bond donors (Lipinski definition) is 1. The largest absolute Gasteiger partial charge is 0.340 e. The van der Waals surface area contributed by atoms with E-state index in [0.29, 0.717) is 18.9 Å². The third-order valence-corrected chi connectivity index (χ3v) is 5.74. The van der Waals surface area contributed by atoms with Gasteiger partial charge in [0.25, 0.3) is 0 Å². The molecule has 1 amide bonds. The minimum Gasteiger partial charge on any atom is -0.340 e. The third-order valence-electron chi connectivity index (χ3n) is 5.74. The highest BCUT2D eigenvalue weighted by Crippen LogP contribution is 2.37. The van der Waals surface area contributed by atoms with Gasteiger partial charge in [0.1, 0.15) is 0 Å². The van der Waals surface area contributed by atoms with Gasteiger partial charge >= 0.3 is 0 Å². The van der Waals surface area contributed by atoms with Crippen LogP contribution in [0.3, 0.4) is 0 Å². The standard InChI is InChI=1S/C20H31N3O/c21-13-7-10-19(24)22-14-15-23(16-18-8-3-1-4-9-18)20(17-22)11-5-2-6-12-20/h1,3-4,8-9H,2,5-7,10-17,21H2. The zero-order valence-electron chi connectivity index (χ0n) is 14.8. The highest BCUT2D eigenvalue weighted by molar-refractivity contribution is 5.76. The van der Waals surface area contributed by atoms with E-state index in [1.165, 1.54) is 37.7 Å². The van der Waals surface area contributed by atoms with Crippen molar-refractivity contribution in [2.24, 2.45) is 5.73 Å². The summed E-state index contributed by atoms with van der Waals surface area (Å²) in [5, 5.41) is 0. The molecule has 2 fully saturated rings. The summed E-state index contributed by atoms with van der Waals surface area (Å²) < 4.78 is 0. The summed E-state index contributed by atoms with van der Waals surface area (Å²) in [5.74, 6) is 0.296. The van der Waals surface area contributed by atoms with Crippen LogP contribution in [0.25, 0.3) is 0 Å². The smallest absolute Gasteiger partial charge is 0.222 e. The summed E-state index contributed by atoms with van der Waals surface area (Å²) in [6, 6.07) is 10.8. The molecule has 0 atom stereocenters. The zero-order chi connectivity index (χ0) is 16.8. The maximum absolute atomic E-state index is 12.5. The predicted octanol–water partition coefficient (Wildman–Crippen LogP) is 2.77. The lowest BCUT2D eigenvalue weighted by molar-refractivity contribution is -0.138. The number of rotatable bonds is 5. The van der Waals surface area contributed by atoms with Crippen molar-refractivity contribution in [3.05, 3.63) is 35.9 Å². The average Bonchev–Trinajstić information content (AvgIpc) is 2.63. The SMILES string of the molecule is NCCCC(=O)N1CCN(Cc2ccccc2)C2(CCCCC2)C1. The van der Waals surface area contributed by atoms with Crippen LogP contribution in [0, 0.1) is 0 Å². The molecule has 24 heavy (non-hydrogen) atoms. The minimum atomic E-state index is 0.185. The van der Waals surface area contributed by atoms with Crippen LogP contribution >= 0.6 is 0 Å². The second kappa shape index (κ2) is 8.13. The summed E-state index contributed by atoms with van der Waals surface area (Å²) in [6.45, 7) is 4.36. The molecular weight excluding hydrogens is 298 g/mol. The van der Waals surface area contributed by atoms with Crippen LogP contribution in [0.2, 0.25) is 0 Å². The Balaban J connectivity index is 1.72. The molecule has 0 radical (unpaired) electrons. The second-order valence-electron chi connectivity index (χ2n) is 7.40. The maximum Gasteiger partial charge on any atom is 0.222 e. The lowest BCUT2D eigenvalue weighted by Crippen LogP contribution is -2.63. The molecule has 2 N–H and O–H groups in total. The Morgan fingerprint density at radius 3 is 2.54 bits per heavy atom. The lowest BCUT2D eigenvalue weighted by Gasteiger charge is -2.53. The highest BCUT2D eigenvalue weighted by atomic mass is 16.2.